The molecule has 0 radical (unpaired) electrons. The van der Waals surface area contributed by atoms with Crippen LogP contribution in [0.1, 0.15) is 188 Å². The quantitative estimate of drug-likeness (QED) is 0.0350. The van der Waals surface area contributed by atoms with E-state index in [1.807, 2.05) is 14.1 Å². The zero-order valence-electron chi connectivity index (χ0n) is 37.6. The fourth-order valence-corrected chi connectivity index (χ4v) is 6.53. The van der Waals surface area contributed by atoms with Crippen LogP contribution in [0, 0.1) is 0 Å². The summed E-state index contributed by atoms with van der Waals surface area (Å²) in [6.07, 6.45) is 23.7. The van der Waals surface area contributed by atoms with Crippen molar-refractivity contribution in [1.82, 2.24) is 20.4 Å². The van der Waals surface area contributed by atoms with Crippen molar-refractivity contribution in [2.45, 2.75) is 200 Å². The van der Waals surface area contributed by atoms with Gasteiger partial charge in [0.05, 0.1) is 26.1 Å². The van der Waals surface area contributed by atoms with Crippen LogP contribution in [-0.4, -0.2) is 113 Å². The molecule has 12 nitrogen and oxygen atoms in total. The molecule has 0 aliphatic carbocycles. The van der Waals surface area contributed by atoms with Crippen LogP contribution in [0.4, 0.5) is 9.59 Å². The molecule has 0 aromatic heterocycles. The normalized spacial score (nSPS) is 12.4. The first kappa shape index (κ1) is 54.4. The van der Waals surface area contributed by atoms with Gasteiger partial charge in [0.15, 0.2) is 0 Å². The lowest BCUT2D eigenvalue weighted by atomic mass is 10.1. The second-order valence-electron chi connectivity index (χ2n) is 15.9. The zero-order valence-corrected chi connectivity index (χ0v) is 37.6. The number of unbranched alkanes of at least 4 members (excludes halogenated alkanes) is 14. The van der Waals surface area contributed by atoms with E-state index < -0.39 is 0 Å². The van der Waals surface area contributed by atoms with Crippen LogP contribution in [0.2, 0.25) is 0 Å². The summed E-state index contributed by atoms with van der Waals surface area (Å²) >= 11 is 0. The highest BCUT2D eigenvalue weighted by atomic mass is 16.6. The molecule has 0 rings (SSSR count). The van der Waals surface area contributed by atoms with E-state index in [0.717, 1.165) is 96.6 Å². The van der Waals surface area contributed by atoms with Gasteiger partial charge in [0, 0.05) is 26.2 Å². The van der Waals surface area contributed by atoms with Crippen molar-refractivity contribution in [2.24, 2.45) is 0 Å². The lowest BCUT2D eigenvalue weighted by Crippen LogP contribution is -2.32. The number of hydrogen-bond donors (Lipinski definition) is 2. The third-order valence-electron chi connectivity index (χ3n) is 10.3. The highest BCUT2D eigenvalue weighted by molar-refractivity contribution is 5.70. The van der Waals surface area contributed by atoms with Gasteiger partial charge in [-0.25, -0.2) is 9.59 Å². The van der Waals surface area contributed by atoms with Gasteiger partial charge in [-0.1, -0.05) is 91.9 Å². The minimum Gasteiger partial charge on any atom is -0.466 e. The average molecular weight is 813 g/mol. The molecule has 0 fully saturated rings. The summed E-state index contributed by atoms with van der Waals surface area (Å²) in [5.74, 6) is -0.483. The van der Waals surface area contributed by atoms with Crippen LogP contribution >= 0.6 is 0 Å². The topological polar surface area (TPSA) is 136 Å². The molecule has 0 spiro atoms. The van der Waals surface area contributed by atoms with E-state index >= 15 is 0 Å². The van der Waals surface area contributed by atoms with Crippen molar-refractivity contribution in [3.63, 3.8) is 0 Å². The Hall–Kier alpha value is -2.60. The van der Waals surface area contributed by atoms with Crippen LogP contribution in [0.25, 0.3) is 0 Å². The average Bonchev–Trinajstić information content (AvgIpc) is 3.19. The van der Waals surface area contributed by atoms with E-state index in [1.165, 1.54) is 64.2 Å². The standard InChI is InChI=1S/C45H88N4O8/c1-7-11-13-15-17-21-28-40(9-3)56-44(52)46-32-23-19-25-38-54-42(50)30-36-49(35-27-34-48(5)6)37-31-43(51)55-39-26-20-24-33-47-45(53)57-41(10-4)29-22-18-16-14-12-8-2/h40-41H,7-39H2,1-6H3,(H,46,52)(H,47,53). The molecular weight excluding hydrogens is 725 g/mol. The van der Waals surface area contributed by atoms with Gasteiger partial charge in [-0.2, -0.15) is 0 Å². The highest BCUT2D eigenvalue weighted by Crippen LogP contribution is 2.14. The molecule has 12 heteroatoms. The van der Waals surface area contributed by atoms with Gasteiger partial charge in [-0.3, -0.25) is 9.59 Å². The molecule has 0 saturated heterocycles. The number of nitrogens with zero attached hydrogens (tertiary/aromatic N) is 2. The second-order valence-corrected chi connectivity index (χ2v) is 15.9. The number of alkyl carbamates (subject to hydrolysis) is 2. The lowest BCUT2D eigenvalue weighted by molar-refractivity contribution is -0.144. The second kappa shape index (κ2) is 40.2. The Morgan fingerprint density at radius 3 is 1.28 bits per heavy atom. The van der Waals surface area contributed by atoms with E-state index in [0.29, 0.717) is 39.4 Å². The molecule has 57 heavy (non-hydrogen) atoms. The number of rotatable bonds is 40. The Balaban J connectivity index is 4.14. The van der Waals surface area contributed by atoms with Gasteiger partial charge in [0.1, 0.15) is 12.2 Å². The van der Waals surface area contributed by atoms with Crippen molar-refractivity contribution in [2.75, 3.05) is 66.6 Å². The van der Waals surface area contributed by atoms with Crippen LogP contribution in [0.5, 0.6) is 0 Å². The Morgan fingerprint density at radius 2 is 0.877 bits per heavy atom. The summed E-state index contributed by atoms with van der Waals surface area (Å²) in [4.78, 5) is 53.6. The maximum atomic E-state index is 12.5. The van der Waals surface area contributed by atoms with Gasteiger partial charge in [0.2, 0.25) is 0 Å². The molecule has 0 aliphatic rings. The molecule has 0 aliphatic heterocycles. The van der Waals surface area contributed by atoms with Crippen molar-refractivity contribution in [3.8, 4) is 0 Å². The predicted octanol–water partition coefficient (Wildman–Crippen LogP) is 9.96. The number of nitrogens with one attached hydrogen (secondary N) is 2. The summed E-state index contributed by atoms with van der Waals surface area (Å²) in [6, 6.07) is 0. The third kappa shape index (κ3) is 37.4. The number of hydrogen-bond acceptors (Lipinski definition) is 10. The summed E-state index contributed by atoms with van der Waals surface area (Å²) < 4.78 is 22.1. The first-order valence-corrected chi connectivity index (χ1v) is 23.2. The van der Waals surface area contributed by atoms with Gasteiger partial charge in [-0.05, 0) is 111 Å². The van der Waals surface area contributed by atoms with Gasteiger partial charge in [-0.15, -0.1) is 0 Å². The van der Waals surface area contributed by atoms with Crippen LogP contribution < -0.4 is 10.6 Å². The predicted molar refractivity (Wildman–Crippen MR) is 232 cm³/mol. The largest absolute Gasteiger partial charge is 0.466 e. The van der Waals surface area contributed by atoms with Crippen LogP contribution in [0.3, 0.4) is 0 Å². The monoisotopic (exact) mass is 813 g/mol. The maximum absolute atomic E-state index is 12.5. The zero-order chi connectivity index (χ0) is 42.2. The molecule has 336 valence electrons. The first-order chi connectivity index (χ1) is 27.6. The molecule has 0 heterocycles. The number of ether oxygens (including phenoxy) is 4. The minimum atomic E-state index is -0.346. The molecule has 2 N–H and O–H groups in total. The number of carbonyl (C=O) groups excluding carboxylic acids is 4. The summed E-state index contributed by atoms with van der Waals surface area (Å²) in [6.45, 7) is 13.1. The van der Waals surface area contributed by atoms with E-state index in [-0.39, 0.29) is 49.2 Å². The van der Waals surface area contributed by atoms with Crippen LogP contribution in [-0.2, 0) is 28.5 Å². The van der Waals surface area contributed by atoms with Crippen LogP contribution in [0.15, 0.2) is 0 Å². The first-order valence-electron chi connectivity index (χ1n) is 23.2. The number of amides is 2. The van der Waals surface area contributed by atoms with E-state index in [2.05, 4.69) is 48.1 Å². The molecule has 2 amide bonds. The Labute approximate surface area is 349 Å². The molecule has 0 aromatic rings. The van der Waals surface area contributed by atoms with E-state index in [9.17, 15) is 19.2 Å². The number of esters is 2. The molecule has 2 unspecified atom stereocenters. The van der Waals surface area contributed by atoms with Gasteiger partial charge >= 0.3 is 24.1 Å². The van der Waals surface area contributed by atoms with Crippen molar-refractivity contribution in [1.29, 1.82) is 0 Å². The highest BCUT2D eigenvalue weighted by Gasteiger charge is 2.15. The molecule has 0 bridgehead atoms. The van der Waals surface area contributed by atoms with E-state index in [4.69, 9.17) is 18.9 Å². The Morgan fingerprint density at radius 1 is 0.474 bits per heavy atom. The van der Waals surface area contributed by atoms with Gasteiger partial charge < -0.3 is 39.4 Å². The fourth-order valence-electron chi connectivity index (χ4n) is 6.53. The summed E-state index contributed by atoms with van der Waals surface area (Å²) in [5.41, 5.74) is 0. The molecule has 0 aromatic carbocycles. The van der Waals surface area contributed by atoms with Crippen molar-refractivity contribution >= 4 is 24.1 Å². The Kier molecular flexibility index (Phi) is 38.4. The minimum absolute atomic E-state index is 0.0263. The lowest BCUT2D eigenvalue weighted by Gasteiger charge is -2.22. The summed E-state index contributed by atoms with van der Waals surface area (Å²) in [5, 5.41) is 5.71. The molecule has 0 saturated carbocycles. The third-order valence-corrected chi connectivity index (χ3v) is 10.3. The summed E-state index contributed by atoms with van der Waals surface area (Å²) in [7, 11) is 4.06. The SMILES string of the molecule is CCCCCCCCC(CC)OC(=O)NCCCCCOC(=O)CCN(CCCN(C)C)CCC(=O)OCCCCCNC(=O)OC(CC)CCCCCCCC. The molecule has 2 atom stereocenters. The smallest absolute Gasteiger partial charge is 0.407 e. The maximum Gasteiger partial charge on any atom is 0.407 e. The van der Waals surface area contributed by atoms with Gasteiger partial charge in [0.25, 0.3) is 0 Å². The number of carbonyl (C=O) groups is 4. The van der Waals surface area contributed by atoms with E-state index in [1.54, 1.807) is 0 Å². The Bertz CT molecular complexity index is 902. The van der Waals surface area contributed by atoms with Crippen molar-refractivity contribution < 1.29 is 38.1 Å². The van der Waals surface area contributed by atoms with Crippen molar-refractivity contribution in [3.05, 3.63) is 0 Å². The molecular formula is C45H88N4O8. The fraction of sp³-hybridized carbons (Fsp3) is 0.911.